The van der Waals surface area contributed by atoms with E-state index in [4.69, 9.17) is 18.9 Å². The summed E-state index contributed by atoms with van der Waals surface area (Å²) < 4.78 is 22.5. The van der Waals surface area contributed by atoms with E-state index in [0.29, 0.717) is 46.9 Å². The zero-order valence-corrected chi connectivity index (χ0v) is 23.0. The van der Waals surface area contributed by atoms with E-state index in [9.17, 15) is 9.59 Å². The largest absolute Gasteiger partial charge is 0.493 e. The van der Waals surface area contributed by atoms with Gasteiger partial charge >= 0.3 is 5.97 Å². The van der Waals surface area contributed by atoms with Crippen molar-refractivity contribution >= 4 is 23.1 Å². The summed E-state index contributed by atoms with van der Waals surface area (Å²) in [5.41, 5.74) is 3.41. The van der Waals surface area contributed by atoms with Gasteiger partial charge in [0.1, 0.15) is 12.5 Å². The third kappa shape index (κ3) is 5.16. The van der Waals surface area contributed by atoms with E-state index in [-0.39, 0.29) is 18.3 Å². The number of ether oxygens (including phenoxy) is 4. The number of rotatable bonds is 8. The maximum absolute atomic E-state index is 13.8. The summed E-state index contributed by atoms with van der Waals surface area (Å²) in [7, 11) is 4.61. The minimum absolute atomic E-state index is 0.00531. The summed E-state index contributed by atoms with van der Waals surface area (Å²) in [5.74, 6) is -0.562. The molecule has 2 heterocycles. The van der Waals surface area contributed by atoms with Gasteiger partial charge in [-0.05, 0) is 41.1 Å². The number of methoxy groups -OCH3 is 3. The average Bonchev–Trinajstić information content (AvgIpc) is 3.50. The molecule has 1 N–H and O–H groups in total. The lowest BCUT2D eigenvalue weighted by atomic mass is 9.69. The van der Waals surface area contributed by atoms with E-state index in [0.717, 1.165) is 16.1 Å². The van der Waals surface area contributed by atoms with Crippen LogP contribution in [-0.2, 0) is 20.9 Å². The van der Waals surface area contributed by atoms with Gasteiger partial charge < -0.3 is 24.3 Å². The standard InChI is InChI=1S/C31H31NO6S/c1-18-27(31(34)38-17-19-9-6-5-7-10-19)28(21-15-24(35-2)30(37-4)25(16-21)36-3)29-22(32-18)13-20(14-23(29)33)26-11-8-12-39-26/h5-12,15-16,20,27-28,32H,1,13-14,17H2,2-4H3. The monoisotopic (exact) mass is 545 g/mol. The molecule has 2 aliphatic rings. The first-order valence-corrected chi connectivity index (χ1v) is 13.6. The molecule has 8 heteroatoms. The highest BCUT2D eigenvalue weighted by Gasteiger charge is 2.46. The molecule has 1 aliphatic carbocycles. The van der Waals surface area contributed by atoms with Gasteiger partial charge in [-0.1, -0.05) is 43.0 Å². The summed E-state index contributed by atoms with van der Waals surface area (Å²) in [6.07, 6.45) is 1.01. The van der Waals surface area contributed by atoms with Crippen molar-refractivity contribution in [3.63, 3.8) is 0 Å². The van der Waals surface area contributed by atoms with Crippen LogP contribution in [0.3, 0.4) is 0 Å². The molecule has 0 spiro atoms. The number of hydrogen-bond acceptors (Lipinski definition) is 8. The van der Waals surface area contributed by atoms with Crippen molar-refractivity contribution in [1.29, 1.82) is 0 Å². The van der Waals surface area contributed by atoms with Crippen LogP contribution in [0.5, 0.6) is 17.2 Å². The molecule has 0 fully saturated rings. The van der Waals surface area contributed by atoms with Gasteiger partial charge in [-0.15, -0.1) is 11.3 Å². The molecule has 3 atom stereocenters. The second kappa shape index (κ2) is 11.4. The fourth-order valence-electron chi connectivity index (χ4n) is 5.51. The van der Waals surface area contributed by atoms with Crippen LogP contribution >= 0.6 is 11.3 Å². The number of Topliss-reactive ketones (excluding diaryl/α,β-unsaturated/α-hetero) is 1. The molecule has 0 saturated carbocycles. The van der Waals surface area contributed by atoms with Crippen molar-refractivity contribution in [3.05, 3.63) is 99.5 Å². The lowest BCUT2D eigenvalue weighted by Gasteiger charge is -2.40. The molecule has 0 bridgehead atoms. The van der Waals surface area contributed by atoms with Crippen molar-refractivity contribution in [2.75, 3.05) is 21.3 Å². The molecular weight excluding hydrogens is 514 g/mol. The van der Waals surface area contributed by atoms with E-state index >= 15 is 0 Å². The van der Waals surface area contributed by atoms with E-state index < -0.39 is 17.8 Å². The molecule has 0 radical (unpaired) electrons. The van der Waals surface area contributed by atoms with Crippen LogP contribution in [-0.4, -0.2) is 33.1 Å². The number of nitrogens with one attached hydrogen (secondary N) is 1. The zero-order valence-electron chi connectivity index (χ0n) is 22.2. The number of thiophene rings is 1. The predicted molar refractivity (Wildman–Crippen MR) is 149 cm³/mol. The number of carbonyl (C=O) groups is 2. The summed E-state index contributed by atoms with van der Waals surface area (Å²) in [6.45, 7) is 4.34. The molecule has 1 aromatic heterocycles. The molecule has 1 aliphatic heterocycles. The molecule has 3 unspecified atom stereocenters. The SMILES string of the molecule is C=C1NC2=C(C(=O)CC(c3cccs3)C2)C(c2cc(OC)c(OC)c(OC)c2)C1C(=O)OCc1ccccc1. The van der Waals surface area contributed by atoms with Gasteiger partial charge in [0.05, 0.1) is 21.3 Å². The maximum Gasteiger partial charge on any atom is 0.316 e. The number of carbonyl (C=O) groups excluding carboxylic acids is 2. The Morgan fingerprint density at radius 3 is 2.33 bits per heavy atom. The van der Waals surface area contributed by atoms with Crippen LogP contribution in [0.1, 0.15) is 40.7 Å². The van der Waals surface area contributed by atoms with E-state index in [1.165, 1.54) is 21.3 Å². The Hall–Kier alpha value is -4.04. The number of benzene rings is 2. The third-order valence-corrected chi connectivity index (χ3v) is 8.34. The Labute approximate surface area is 232 Å². The van der Waals surface area contributed by atoms with E-state index in [1.54, 1.807) is 23.5 Å². The van der Waals surface area contributed by atoms with Gasteiger partial charge in [-0.2, -0.15) is 0 Å². The van der Waals surface area contributed by atoms with Gasteiger partial charge in [-0.3, -0.25) is 9.59 Å². The van der Waals surface area contributed by atoms with Crippen LogP contribution in [0.4, 0.5) is 0 Å². The Morgan fingerprint density at radius 2 is 1.72 bits per heavy atom. The first-order valence-electron chi connectivity index (χ1n) is 12.7. The highest BCUT2D eigenvalue weighted by Crippen LogP contribution is 2.50. The Kier molecular flexibility index (Phi) is 7.74. The Bertz CT molecular complexity index is 1390. The Balaban J connectivity index is 1.59. The van der Waals surface area contributed by atoms with Crippen molar-refractivity contribution < 1.29 is 28.5 Å². The minimum Gasteiger partial charge on any atom is -0.493 e. The van der Waals surface area contributed by atoms with Gasteiger partial charge in [-0.25, -0.2) is 0 Å². The summed E-state index contributed by atoms with van der Waals surface area (Å²) in [5, 5.41) is 5.35. The maximum atomic E-state index is 13.8. The first-order chi connectivity index (χ1) is 18.9. The highest BCUT2D eigenvalue weighted by molar-refractivity contribution is 7.10. The number of allylic oxidation sites excluding steroid dienone is 2. The molecule has 7 nitrogen and oxygen atoms in total. The average molecular weight is 546 g/mol. The molecule has 3 aromatic rings. The lowest BCUT2D eigenvalue weighted by molar-refractivity contribution is -0.149. The quantitative estimate of drug-likeness (QED) is 0.362. The number of esters is 1. The molecular formula is C31H31NO6S. The van der Waals surface area contributed by atoms with Gasteiger partial charge in [0.2, 0.25) is 5.75 Å². The molecule has 5 rings (SSSR count). The highest BCUT2D eigenvalue weighted by atomic mass is 32.1. The molecule has 202 valence electrons. The summed E-state index contributed by atoms with van der Waals surface area (Å²) in [4.78, 5) is 28.7. The van der Waals surface area contributed by atoms with Crippen molar-refractivity contribution in [1.82, 2.24) is 5.32 Å². The van der Waals surface area contributed by atoms with Crippen LogP contribution in [0, 0.1) is 5.92 Å². The smallest absolute Gasteiger partial charge is 0.316 e. The predicted octanol–water partition coefficient (Wildman–Crippen LogP) is 5.73. The molecule has 39 heavy (non-hydrogen) atoms. The molecule has 0 saturated heterocycles. The number of hydrogen-bond donors (Lipinski definition) is 1. The summed E-state index contributed by atoms with van der Waals surface area (Å²) >= 11 is 1.65. The normalized spacial score (nSPS) is 20.6. The second-order valence-corrected chi connectivity index (χ2v) is 10.6. The van der Waals surface area contributed by atoms with Crippen molar-refractivity contribution in [2.45, 2.75) is 31.3 Å². The zero-order chi connectivity index (χ0) is 27.5. The Morgan fingerprint density at radius 1 is 1.00 bits per heavy atom. The third-order valence-electron chi connectivity index (χ3n) is 7.31. The van der Waals surface area contributed by atoms with Crippen LogP contribution in [0.25, 0.3) is 0 Å². The van der Waals surface area contributed by atoms with Gasteiger partial charge in [0.15, 0.2) is 17.3 Å². The van der Waals surface area contributed by atoms with E-state index in [1.807, 2.05) is 41.8 Å². The fourth-order valence-corrected chi connectivity index (χ4v) is 6.34. The van der Waals surface area contributed by atoms with Crippen LogP contribution < -0.4 is 19.5 Å². The van der Waals surface area contributed by atoms with Crippen molar-refractivity contribution in [3.8, 4) is 17.2 Å². The van der Waals surface area contributed by atoms with Crippen LogP contribution in [0.15, 0.2) is 83.5 Å². The van der Waals surface area contributed by atoms with Crippen molar-refractivity contribution in [2.24, 2.45) is 5.92 Å². The first kappa shape index (κ1) is 26.6. The van der Waals surface area contributed by atoms with Crippen LogP contribution in [0.2, 0.25) is 0 Å². The topological polar surface area (TPSA) is 83.1 Å². The summed E-state index contributed by atoms with van der Waals surface area (Å²) in [6, 6.07) is 17.1. The second-order valence-electron chi connectivity index (χ2n) is 9.59. The van der Waals surface area contributed by atoms with Gasteiger partial charge in [0, 0.05) is 40.1 Å². The minimum atomic E-state index is -0.836. The lowest BCUT2D eigenvalue weighted by Crippen LogP contribution is -2.42. The van der Waals surface area contributed by atoms with Gasteiger partial charge in [0.25, 0.3) is 0 Å². The van der Waals surface area contributed by atoms with E-state index in [2.05, 4.69) is 18.0 Å². The fraction of sp³-hybridized carbons (Fsp3) is 0.290. The molecule has 0 amide bonds. The molecule has 2 aromatic carbocycles. The number of ketones is 1.